The van der Waals surface area contributed by atoms with Gasteiger partial charge in [0, 0.05) is 11.1 Å². The van der Waals surface area contributed by atoms with Crippen molar-refractivity contribution >= 4 is 34.3 Å². The van der Waals surface area contributed by atoms with E-state index in [9.17, 15) is 4.79 Å². The number of carbonyl (C=O) groups excluding carboxylic acids is 1. The van der Waals surface area contributed by atoms with E-state index in [1.54, 1.807) is 33.8 Å². The number of furan rings is 1. The molecule has 0 saturated carbocycles. The predicted molar refractivity (Wildman–Crippen MR) is 110 cm³/mol. The molecular formula is C21H18N2O2S2. The number of aryl methyl sites for hydroxylation is 1. The number of hydrogen-bond donors (Lipinski definition) is 0. The van der Waals surface area contributed by atoms with Gasteiger partial charge in [0.15, 0.2) is 0 Å². The molecule has 0 fully saturated rings. The molecule has 0 N–H and O–H groups in total. The van der Waals surface area contributed by atoms with Gasteiger partial charge in [-0.1, -0.05) is 23.8 Å². The van der Waals surface area contributed by atoms with Crippen molar-refractivity contribution < 1.29 is 9.21 Å². The van der Waals surface area contributed by atoms with Crippen LogP contribution in [0.5, 0.6) is 0 Å². The molecule has 0 aliphatic rings. The number of aromatic nitrogens is 1. The summed E-state index contributed by atoms with van der Waals surface area (Å²) in [4.78, 5) is 20.6. The molecule has 0 bridgehead atoms. The summed E-state index contributed by atoms with van der Waals surface area (Å²) in [7, 11) is 0. The Morgan fingerprint density at radius 3 is 2.67 bits per heavy atom. The summed E-state index contributed by atoms with van der Waals surface area (Å²) >= 11 is 3.23. The van der Waals surface area contributed by atoms with Crippen molar-refractivity contribution in [2.24, 2.45) is 0 Å². The maximum absolute atomic E-state index is 13.1. The van der Waals surface area contributed by atoms with Crippen LogP contribution in [-0.4, -0.2) is 10.9 Å². The van der Waals surface area contributed by atoms with Gasteiger partial charge in [-0.3, -0.25) is 4.79 Å². The number of hydrogen-bond acceptors (Lipinski definition) is 5. The molecule has 4 aromatic rings. The molecule has 0 saturated heterocycles. The average Bonchev–Trinajstić information content (AvgIpc) is 3.42. The zero-order chi connectivity index (χ0) is 18.6. The normalized spacial score (nSPS) is 10.9. The Bertz CT molecular complexity index is 1000. The van der Waals surface area contributed by atoms with E-state index in [2.05, 4.69) is 4.98 Å². The van der Waals surface area contributed by atoms with Crippen molar-refractivity contribution in [3.05, 3.63) is 82.6 Å². The molecule has 1 amide bonds. The Balaban J connectivity index is 1.55. The Kier molecular flexibility index (Phi) is 5.18. The van der Waals surface area contributed by atoms with Crippen LogP contribution < -0.4 is 4.90 Å². The molecule has 27 heavy (non-hydrogen) atoms. The Morgan fingerprint density at radius 1 is 1.11 bits per heavy atom. The summed E-state index contributed by atoms with van der Waals surface area (Å²) in [5.74, 6) is 0.750. The molecule has 0 spiro atoms. The van der Waals surface area contributed by atoms with Crippen LogP contribution in [0.3, 0.4) is 0 Å². The highest BCUT2D eigenvalue weighted by molar-refractivity contribution is 7.20. The minimum absolute atomic E-state index is 0.00159. The van der Waals surface area contributed by atoms with Crippen molar-refractivity contribution in [2.45, 2.75) is 19.9 Å². The second-order valence-electron chi connectivity index (χ2n) is 6.19. The zero-order valence-electron chi connectivity index (χ0n) is 14.8. The van der Waals surface area contributed by atoms with Crippen molar-refractivity contribution in [1.29, 1.82) is 0 Å². The number of anilines is 1. The molecule has 136 valence electrons. The Labute approximate surface area is 165 Å². The SMILES string of the molecule is Cc1ccc(N(Cc2ccco2)C(=O)Cc2csc(-c3cccs3)n2)cc1. The van der Waals surface area contributed by atoms with Gasteiger partial charge in [0.1, 0.15) is 10.8 Å². The third-order valence-corrected chi connectivity index (χ3v) is 6.09. The van der Waals surface area contributed by atoms with Crippen LogP contribution >= 0.6 is 22.7 Å². The highest BCUT2D eigenvalue weighted by Gasteiger charge is 2.19. The van der Waals surface area contributed by atoms with Crippen molar-refractivity contribution in [1.82, 2.24) is 4.98 Å². The topological polar surface area (TPSA) is 46.3 Å². The molecule has 0 atom stereocenters. The van der Waals surface area contributed by atoms with Gasteiger partial charge in [-0.2, -0.15) is 0 Å². The van der Waals surface area contributed by atoms with Crippen LogP contribution in [0.1, 0.15) is 17.0 Å². The summed E-state index contributed by atoms with van der Waals surface area (Å²) in [5.41, 5.74) is 2.81. The largest absolute Gasteiger partial charge is 0.467 e. The van der Waals surface area contributed by atoms with Crippen LogP contribution in [0.25, 0.3) is 9.88 Å². The molecule has 1 aromatic carbocycles. The molecular weight excluding hydrogens is 376 g/mol. The number of amides is 1. The van der Waals surface area contributed by atoms with Crippen molar-refractivity contribution in [3.63, 3.8) is 0 Å². The van der Waals surface area contributed by atoms with Crippen LogP contribution in [0.4, 0.5) is 5.69 Å². The van der Waals surface area contributed by atoms with E-state index in [1.807, 2.05) is 66.2 Å². The Morgan fingerprint density at radius 2 is 1.96 bits per heavy atom. The van der Waals surface area contributed by atoms with Gasteiger partial charge >= 0.3 is 0 Å². The summed E-state index contributed by atoms with van der Waals surface area (Å²) in [5, 5.41) is 4.96. The maximum atomic E-state index is 13.1. The second-order valence-corrected chi connectivity index (χ2v) is 8.00. The Hall–Kier alpha value is -2.70. The third-order valence-electron chi connectivity index (χ3n) is 4.16. The van der Waals surface area contributed by atoms with E-state index in [0.29, 0.717) is 6.54 Å². The average molecular weight is 395 g/mol. The van der Waals surface area contributed by atoms with Gasteiger partial charge in [0.25, 0.3) is 0 Å². The molecule has 4 nitrogen and oxygen atoms in total. The summed E-state index contributed by atoms with van der Waals surface area (Å²) in [6.45, 7) is 2.43. The lowest BCUT2D eigenvalue weighted by molar-refractivity contribution is -0.118. The van der Waals surface area contributed by atoms with E-state index in [-0.39, 0.29) is 12.3 Å². The van der Waals surface area contributed by atoms with E-state index >= 15 is 0 Å². The standard InChI is InChI=1S/C21H18N2O2S2/c1-15-6-8-17(9-7-15)23(13-18-4-2-10-25-18)20(24)12-16-14-27-21(22-16)19-5-3-11-26-19/h2-11,14H,12-13H2,1H3. The van der Waals surface area contributed by atoms with E-state index < -0.39 is 0 Å². The number of rotatable bonds is 6. The van der Waals surface area contributed by atoms with Crippen LogP contribution in [0.15, 0.2) is 70.0 Å². The third kappa shape index (κ3) is 4.18. The highest BCUT2D eigenvalue weighted by atomic mass is 32.1. The molecule has 4 rings (SSSR count). The number of nitrogens with zero attached hydrogens (tertiary/aromatic N) is 2. The maximum Gasteiger partial charge on any atom is 0.233 e. The van der Waals surface area contributed by atoms with Gasteiger partial charge in [-0.05, 0) is 42.6 Å². The molecule has 0 aliphatic heterocycles. The molecule has 0 aliphatic carbocycles. The van der Waals surface area contributed by atoms with Gasteiger partial charge in [-0.25, -0.2) is 4.98 Å². The van der Waals surface area contributed by atoms with Gasteiger partial charge in [-0.15, -0.1) is 22.7 Å². The fourth-order valence-corrected chi connectivity index (χ4v) is 4.39. The van der Waals surface area contributed by atoms with Gasteiger partial charge in [0.05, 0.1) is 29.8 Å². The van der Waals surface area contributed by atoms with Crippen LogP contribution in [-0.2, 0) is 17.8 Å². The lowest BCUT2D eigenvalue weighted by atomic mass is 10.2. The molecule has 3 heterocycles. The first kappa shape index (κ1) is 17.7. The van der Waals surface area contributed by atoms with Crippen molar-refractivity contribution in [3.8, 4) is 9.88 Å². The monoisotopic (exact) mass is 394 g/mol. The van der Waals surface area contributed by atoms with Crippen molar-refractivity contribution in [2.75, 3.05) is 4.90 Å². The minimum atomic E-state index is -0.00159. The minimum Gasteiger partial charge on any atom is -0.467 e. The van der Waals surface area contributed by atoms with Gasteiger partial charge in [0.2, 0.25) is 5.91 Å². The number of carbonyl (C=O) groups is 1. The molecule has 0 unspecified atom stereocenters. The first-order valence-corrected chi connectivity index (χ1v) is 10.3. The number of benzene rings is 1. The lowest BCUT2D eigenvalue weighted by Crippen LogP contribution is -2.31. The van der Waals surface area contributed by atoms with Gasteiger partial charge < -0.3 is 9.32 Å². The smallest absolute Gasteiger partial charge is 0.233 e. The second kappa shape index (κ2) is 7.90. The zero-order valence-corrected chi connectivity index (χ0v) is 16.4. The predicted octanol–water partition coefficient (Wildman–Crippen LogP) is 5.55. The van der Waals surface area contributed by atoms with E-state index in [4.69, 9.17) is 4.42 Å². The fourth-order valence-electron chi connectivity index (χ4n) is 2.76. The quantitative estimate of drug-likeness (QED) is 0.431. The summed E-state index contributed by atoms with van der Waals surface area (Å²) in [6, 6.07) is 15.7. The summed E-state index contributed by atoms with van der Waals surface area (Å²) in [6.07, 6.45) is 1.89. The molecule has 0 radical (unpaired) electrons. The lowest BCUT2D eigenvalue weighted by Gasteiger charge is -2.22. The summed E-state index contributed by atoms with van der Waals surface area (Å²) < 4.78 is 5.46. The fraction of sp³-hybridized carbons (Fsp3) is 0.143. The van der Waals surface area contributed by atoms with Crippen LogP contribution in [0, 0.1) is 6.92 Å². The first-order valence-electron chi connectivity index (χ1n) is 8.57. The molecule has 6 heteroatoms. The number of thiophene rings is 1. The first-order chi connectivity index (χ1) is 13.2. The van der Waals surface area contributed by atoms with E-state index in [1.165, 1.54) is 0 Å². The number of thiazole rings is 1. The highest BCUT2D eigenvalue weighted by Crippen LogP contribution is 2.28. The van der Waals surface area contributed by atoms with Crippen LogP contribution in [0.2, 0.25) is 0 Å². The molecule has 3 aromatic heterocycles. The van der Waals surface area contributed by atoms with E-state index in [0.717, 1.165) is 32.6 Å².